The molecule has 4 aromatic carbocycles. The highest BCUT2D eigenvalue weighted by Crippen LogP contribution is 2.39. The van der Waals surface area contributed by atoms with Crippen molar-refractivity contribution in [2.75, 3.05) is 7.11 Å². The molecular weight excluding hydrogens is 441 g/mol. The molecule has 0 saturated heterocycles. The third kappa shape index (κ3) is 4.53. The van der Waals surface area contributed by atoms with Gasteiger partial charge in [0.1, 0.15) is 17.1 Å². The Morgan fingerprint density at radius 1 is 0.971 bits per heavy atom. The number of amides is 1. The Morgan fingerprint density at radius 2 is 1.74 bits per heavy atom. The van der Waals surface area contributed by atoms with Gasteiger partial charge in [-0.15, -0.1) is 0 Å². The summed E-state index contributed by atoms with van der Waals surface area (Å²) in [7, 11) is 1.60. The number of nitrogens with one attached hydrogen (secondary N) is 1. The Labute approximate surface area is 202 Å². The molecule has 0 saturated carbocycles. The number of furan rings is 1. The number of carbonyl (C=O) groups excluding carboxylic acids is 1. The van der Waals surface area contributed by atoms with E-state index in [-0.39, 0.29) is 11.7 Å². The van der Waals surface area contributed by atoms with E-state index in [0.717, 1.165) is 44.0 Å². The molecule has 174 valence electrons. The van der Waals surface area contributed by atoms with Gasteiger partial charge in [0, 0.05) is 35.2 Å². The Balaban J connectivity index is 1.49. The van der Waals surface area contributed by atoms with Crippen LogP contribution in [-0.2, 0) is 11.3 Å². The third-order valence-electron chi connectivity index (χ3n) is 6.13. The summed E-state index contributed by atoms with van der Waals surface area (Å²) in [6, 6.07) is 24.4. The van der Waals surface area contributed by atoms with Crippen molar-refractivity contribution in [3.8, 4) is 16.9 Å². The number of halogens is 1. The molecule has 5 aromatic rings. The fraction of sp³-hybridized carbons (Fsp3) is 0.100. The summed E-state index contributed by atoms with van der Waals surface area (Å²) in [4.78, 5) is 12.6. The standard InChI is InChI=1S/C30H24FNO3/c1-19(14-30(33)32-17-20-10-12-22(31)13-11-20)25-15-26-27(18-35-29(26)16-28(25)34-2)24-9-5-7-21-6-3-4-8-23(21)24/h3-16,18H,17H2,1-2H3,(H,32,33)/b19-14+. The van der Waals surface area contributed by atoms with Gasteiger partial charge in [0.2, 0.25) is 5.91 Å². The molecule has 1 aromatic heterocycles. The molecule has 5 rings (SSSR count). The lowest BCUT2D eigenvalue weighted by Crippen LogP contribution is -2.20. The quantitative estimate of drug-likeness (QED) is 0.272. The van der Waals surface area contributed by atoms with Gasteiger partial charge < -0.3 is 14.5 Å². The summed E-state index contributed by atoms with van der Waals surface area (Å²) in [5.41, 5.74) is 5.15. The van der Waals surface area contributed by atoms with Crippen molar-refractivity contribution in [2.45, 2.75) is 13.5 Å². The van der Waals surface area contributed by atoms with Crippen LogP contribution in [0.4, 0.5) is 4.39 Å². The van der Waals surface area contributed by atoms with Gasteiger partial charge in [-0.2, -0.15) is 0 Å². The van der Waals surface area contributed by atoms with Crippen LogP contribution in [0.2, 0.25) is 0 Å². The van der Waals surface area contributed by atoms with Gasteiger partial charge in [-0.25, -0.2) is 4.39 Å². The van der Waals surface area contributed by atoms with E-state index >= 15 is 0 Å². The first-order chi connectivity index (χ1) is 17.0. The summed E-state index contributed by atoms with van der Waals surface area (Å²) in [6.07, 6.45) is 3.31. The number of ether oxygens (including phenoxy) is 1. The predicted octanol–water partition coefficient (Wildman–Crippen LogP) is 7.12. The van der Waals surface area contributed by atoms with E-state index in [0.29, 0.717) is 17.9 Å². The smallest absolute Gasteiger partial charge is 0.244 e. The molecule has 0 unspecified atom stereocenters. The van der Waals surface area contributed by atoms with Crippen LogP contribution in [0.3, 0.4) is 0 Å². The van der Waals surface area contributed by atoms with Crippen molar-refractivity contribution in [3.05, 3.63) is 108 Å². The van der Waals surface area contributed by atoms with Crippen LogP contribution in [0.25, 0.3) is 38.4 Å². The molecule has 0 atom stereocenters. The van der Waals surface area contributed by atoms with Crippen LogP contribution in [0, 0.1) is 5.82 Å². The number of methoxy groups -OCH3 is 1. The van der Waals surface area contributed by atoms with Crippen molar-refractivity contribution in [1.29, 1.82) is 0 Å². The largest absolute Gasteiger partial charge is 0.496 e. The number of hydrogen-bond donors (Lipinski definition) is 1. The Kier molecular flexibility index (Phi) is 6.06. The van der Waals surface area contributed by atoms with Crippen LogP contribution in [-0.4, -0.2) is 13.0 Å². The number of fused-ring (bicyclic) bond motifs is 2. The van der Waals surface area contributed by atoms with Gasteiger partial charge in [-0.3, -0.25) is 4.79 Å². The number of allylic oxidation sites excluding steroid dienone is 1. The van der Waals surface area contributed by atoms with E-state index in [1.54, 1.807) is 31.6 Å². The van der Waals surface area contributed by atoms with Crippen molar-refractivity contribution >= 4 is 33.2 Å². The normalized spacial score (nSPS) is 11.7. The predicted molar refractivity (Wildman–Crippen MR) is 138 cm³/mol. The van der Waals surface area contributed by atoms with Crippen LogP contribution in [0.15, 0.2) is 95.6 Å². The number of benzene rings is 4. The zero-order valence-electron chi connectivity index (χ0n) is 19.5. The Morgan fingerprint density at radius 3 is 2.54 bits per heavy atom. The van der Waals surface area contributed by atoms with E-state index in [1.807, 2.05) is 37.3 Å². The summed E-state index contributed by atoms with van der Waals surface area (Å²) in [5.74, 6) is 0.0762. The first-order valence-electron chi connectivity index (χ1n) is 11.3. The topological polar surface area (TPSA) is 51.5 Å². The maximum Gasteiger partial charge on any atom is 0.244 e. The molecule has 1 amide bonds. The van der Waals surface area contributed by atoms with Gasteiger partial charge in [0.15, 0.2) is 0 Å². The lowest BCUT2D eigenvalue weighted by Gasteiger charge is -2.11. The van der Waals surface area contributed by atoms with E-state index in [9.17, 15) is 9.18 Å². The second kappa shape index (κ2) is 9.47. The lowest BCUT2D eigenvalue weighted by atomic mass is 9.96. The van der Waals surface area contributed by atoms with Gasteiger partial charge in [0.05, 0.1) is 13.4 Å². The minimum absolute atomic E-state index is 0.240. The summed E-state index contributed by atoms with van der Waals surface area (Å²) in [5, 5.41) is 6.09. The number of hydrogen-bond acceptors (Lipinski definition) is 3. The monoisotopic (exact) mass is 465 g/mol. The van der Waals surface area contributed by atoms with Gasteiger partial charge in [0.25, 0.3) is 0 Å². The average Bonchev–Trinajstić information content (AvgIpc) is 3.30. The van der Waals surface area contributed by atoms with Crippen molar-refractivity contribution in [1.82, 2.24) is 5.32 Å². The fourth-order valence-corrected chi connectivity index (χ4v) is 4.32. The molecule has 0 bridgehead atoms. The fourth-order valence-electron chi connectivity index (χ4n) is 4.32. The van der Waals surface area contributed by atoms with Crippen molar-refractivity contribution in [3.63, 3.8) is 0 Å². The van der Waals surface area contributed by atoms with E-state index in [2.05, 4.69) is 29.6 Å². The molecule has 0 aliphatic rings. The molecular formula is C30H24FNO3. The van der Waals surface area contributed by atoms with E-state index in [4.69, 9.17) is 9.15 Å². The highest BCUT2D eigenvalue weighted by molar-refractivity contribution is 6.06. The first kappa shape index (κ1) is 22.4. The first-order valence-corrected chi connectivity index (χ1v) is 11.3. The van der Waals surface area contributed by atoms with Crippen LogP contribution in [0.1, 0.15) is 18.1 Å². The molecule has 5 heteroatoms. The maximum absolute atomic E-state index is 13.1. The Bertz CT molecular complexity index is 1560. The van der Waals surface area contributed by atoms with Crippen molar-refractivity contribution < 1.29 is 18.3 Å². The van der Waals surface area contributed by atoms with Crippen LogP contribution < -0.4 is 10.1 Å². The van der Waals surface area contributed by atoms with Crippen LogP contribution in [0.5, 0.6) is 5.75 Å². The molecule has 1 heterocycles. The second-order valence-electron chi connectivity index (χ2n) is 8.40. The summed E-state index contributed by atoms with van der Waals surface area (Å²) >= 11 is 0. The molecule has 0 fully saturated rings. The molecule has 4 nitrogen and oxygen atoms in total. The summed E-state index contributed by atoms with van der Waals surface area (Å²) < 4.78 is 24.6. The number of carbonyl (C=O) groups is 1. The van der Waals surface area contributed by atoms with Gasteiger partial charge in [-0.05, 0) is 52.6 Å². The zero-order chi connectivity index (χ0) is 24.4. The van der Waals surface area contributed by atoms with Crippen LogP contribution >= 0.6 is 0 Å². The molecule has 0 aliphatic carbocycles. The molecule has 0 radical (unpaired) electrons. The summed E-state index contributed by atoms with van der Waals surface area (Å²) in [6.45, 7) is 2.19. The Hall–Kier alpha value is -4.38. The lowest BCUT2D eigenvalue weighted by molar-refractivity contribution is -0.116. The highest BCUT2D eigenvalue weighted by atomic mass is 19.1. The highest BCUT2D eigenvalue weighted by Gasteiger charge is 2.16. The zero-order valence-corrected chi connectivity index (χ0v) is 19.5. The second-order valence-corrected chi connectivity index (χ2v) is 8.40. The molecule has 0 aliphatic heterocycles. The van der Waals surface area contributed by atoms with E-state index in [1.165, 1.54) is 12.1 Å². The molecule has 1 N–H and O–H groups in total. The third-order valence-corrected chi connectivity index (χ3v) is 6.13. The molecule has 0 spiro atoms. The van der Waals surface area contributed by atoms with Gasteiger partial charge in [-0.1, -0.05) is 54.6 Å². The number of rotatable bonds is 6. The maximum atomic E-state index is 13.1. The minimum atomic E-state index is -0.305. The average molecular weight is 466 g/mol. The minimum Gasteiger partial charge on any atom is -0.496 e. The van der Waals surface area contributed by atoms with Crippen molar-refractivity contribution in [2.24, 2.45) is 0 Å². The van der Waals surface area contributed by atoms with E-state index < -0.39 is 0 Å². The SMILES string of the molecule is COc1cc2occ(-c3cccc4ccccc34)c2cc1/C(C)=C/C(=O)NCc1ccc(F)cc1. The molecule has 35 heavy (non-hydrogen) atoms. The van der Waals surface area contributed by atoms with Gasteiger partial charge >= 0.3 is 0 Å².